The van der Waals surface area contributed by atoms with Gasteiger partial charge in [-0.15, -0.1) is 0 Å². The molecule has 1 N–H and O–H groups in total. The number of hydrogen-bond donors (Lipinski definition) is 1. The molecule has 0 heterocycles. The van der Waals surface area contributed by atoms with Crippen molar-refractivity contribution in [3.63, 3.8) is 0 Å². The van der Waals surface area contributed by atoms with Crippen molar-refractivity contribution in [3.8, 4) is 0 Å². The van der Waals surface area contributed by atoms with Crippen LogP contribution in [0.5, 0.6) is 0 Å². The van der Waals surface area contributed by atoms with Gasteiger partial charge in [-0.25, -0.2) is 0 Å². The van der Waals surface area contributed by atoms with Crippen molar-refractivity contribution in [3.05, 3.63) is 70.8 Å². The first-order chi connectivity index (χ1) is 10.5. The molecule has 0 aliphatic heterocycles. The van der Waals surface area contributed by atoms with Gasteiger partial charge in [0.15, 0.2) is 0 Å². The zero-order chi connectivity index (χ0) is 15.6. The molecule has 3 rings (SSSR count). The summed E-state index contributed by atoms with van der Waals surface area (Å²) in [5, 5.41) is 2.58. The van der Waals surface area contributed by atoms with E-state index in [-0.39, 0.29) is 5.92 Å². The standard InChI is InChI=1S/C18H18F3N/c19-18(20,21)12-22-11-17-15-7-3-1-5-13(15)9-10-14-6-2-4-8-16(14)17/h1-8,17,22H,9-12H2. The van der Waals surface area contributed by atoms with E-state index < -0.39 is 12.7 Å². The summed E-state index contributed by atoms with van der Waals surface area (Å²) in [7, 11) is 0. The quantitative estimate of drug-likeness (QED) is 0.901. The van der Waals surface area contributed by atoms with Crippen LogP contribution in [0.25, 0.3) is 0 Å². The lowest BCUT2D eigenvalue weighted by molar-refractivity contribution is -0.124. The minimum Gasteiger partial charge on any atom is -0.308 e. The predicted octanol–water partition coefficient (Wildman–Crippen LogP) is 4.07. The summed E-state index contributed by atoms with van der Waals surface area (Å²) >= 11 is 0. The third kappa shape index (κ3) is 3.33. The molecule has 0 fully saturated rings. The van der Waals surface area contributed by atoms with Gasteiger partial charge in [-0.3, -0.25) is 0 Å². The molecule has 4 heteroatoms. The van der Waals surface area contributed by atoms with Crippen LogP contribution in [0, 0.1) is 0 Å². The van der Waals surface area contributed by atoms with E-state index in [0.29, 0.717) is 6.54 Å². The summed E-state index contributed by atoms with van der Waals surface area (Å²) in [4.78, 5) is 0. The number of alkyl halides is 3. The van der Waals surface area contributed by atoms with E-state index in [9.17, 15) is 13.2 Å². The zero-order valence-corrected chi connectivity index (χ0v) is 12.2. The van der Waals surface area contributed by atoms with Crippen LogP contribution in [-0.4, -0.2) is 19.3 Å². The molecule has 0 bridgehead atoms. The number of fused-ring (bicyclic) bond motifs is 2. The maximum atomic E-state index is 12.4. The largest absolute Gasteiger partial charge is 0.401 e. The average molecular weight is 305 g/mol. The first-order valence-electron chi connectivity index (χ1n) is 7.48. The molecular weight excluding hydrogens is 287 g/mol. The summed E-state index contributed by atoms with van der Waals surface area (Å²) in [5.74, 6) is -0.0303. The van der Waals surface area contributed by atoms with Crippen molar-refractivity contribution >= 4 is 0 Å². The second-order valence-electron chi connectivity index (χ2n) is 5.70. The number of benzene rings is 2. The van der Waals surface area contributed by atoms with Crippen LogP contribution in [0.2, 0.25) is 0 Å². The van der Waals surface area contributed by atoms with Gasteiger partial charge >= 0.3 is 6.18 Å². The van der Waals surface area contributed by atoms with Gasteiger partial charge in [-0.2, -0.15) is 13.2 Å². The van der Waals surface area contributed by atoms with Gasteiger partial charge in [-0.1, -0.05) is 48.5 Å². The van der Waals surface area contributed by atoms with Gasteiger partial charge in [0.1, 0.15) is 0 Å². The van der Waals surface area contributed by atoms with E-state index in [1.165, 1.54) is 11.1 Å². The highest BCUT2D eigenvalue weighted by atomic mass is 19.4. The van der Waals surface area contributed by atoms with E-state index in [4.69, 9.17) is 0 Å². The molecule has 2 aromatic rings. The highest BCUT2D eigenvalue weighted by Crippen LogP contribution is 2.33. The first kappa shape index (κ1) is 15.1. The fraction of sp³-hybridized carbons (Fsp3) is 0.333. The lowest BCUT2D eigenvalue weighted by Crippen LogP contribution is -2.32. The predicted molar refractivity (Wildman–Crippen MR) is 81.1 cm³/mol. The van der Waals surface area contributed by atoms with Crippen LogP contribution in [-0.2, 0) is 12.8 Å². The lowest BCUT2D eigenvalue weighted by atomic mass is 9.88. The maximum absolute atomic E-state index is 12.4. The molecule has 0 unspecified atom stereocenters. The molecule has 0 amide bonds. The second-order valence-corrected chi connectivity index (χ2v) is 5.70. The Hall–Kier alpha value is -1.81. The van der Waals surface area contributed by atoms with Crippen molar-refractivity contribution in [2.75, 3.05) is 13.1 Å². The van der Waals surface area contributed by atoms with Gasteiger partial charge in [0.25, 0.3) is 0 Å². The Bertz CT molecular complexity index is 601. The van der Waals surface area contributed by atoms with Crippen LogP contribution >= 0.6 is 0 Å². The van der Waals surface area contributed by atoms with Crippen LogP contribution in [0.15, 0.2) is 48.5 Å². The molecule has 0 aromatic heterocycles. The summed E-state index contributed by atoms with van der Waals surface area (Å²) in [6.07, 6.45) is -2.31. The average Bonchev–Trinajstić information content (AvgIpc) is 2.64. The number of aryl methyl sites for hydroxylation is 2. The lowest BCUT2D eigenvalue weighted by Gasteiger charge is -2.21. The third-order valence-corrected chi connectivity index (χ3v) is 4.20. The highest BCUT2D eigenvalue weighted by molar-refractivity contribution is 5.45. The monoisotopic (exact) mass is 305 g/mol. The molecule has 0 saturated carbocycles. The number of rotatable bonds is 3. The Balaban J connectivity index is 1.92. The molecule has 0 saturated heterocycles. The Morgan fingerprint density at radius 3 is 1.86 bits per heavy atom. The number of hydrogen-bond acceptors (Lipinski definition) is 1. The summed E-state index contributed by atoms with van der Waals surface area (Å²) in [6.45, 7) is -0.651. The zero-order valence-electron chi connectivity index (χ0n) is 12.2. The minimum absolute atomic E-state index is 0.0303. The van der Waals surface area contributed by atoms with E-state index in [1.807, 2.05) is 36.4 Å². The van der Waals surface area contributed by atoms with Crippen molar-refractivity contribution in [1.29, 1.82) is 0 Å². The minimum atomic E-state index is -4.18. The first-order valence-corrected chi connectivity index (χ1v) is 7.48. The van der Waals surface area contributed by atoms with Crippen LogP contribution in [0.3, 0.4) is 0 Å². The van der Waals surface area contributed by atoms with E-state index in [1.54, 1.807) is 0 Å². The topological polar surface area (TPSA) is 12.0 Å². The Labute approximate surface area is 128 Å². The fourth-order valence-electron chi connectivity index (χ4n) is 3.22. The summed E-state index contributed by atoms with van der Waals surface area (Å²) < 4.78 is 37.3. The van der Waals surface area contributed by atoms with Gasteiger partial charge < -0.3 is 5.32 Å². The highest BCUT2D eigenvalue weighted by Gasteiger charge is 2.28. The van der Waals surface area contributed by atoms with Crippen molar-refractivity contribution in [2.45, 2.75) is 24.9 Å². The second kappa shape index (κ2) is 6.13. The molecule has 1 aliphatic rings. The molecule has 0 spiro atoms. The third-order valence-electron chi connectivity index (χ3n) is 4.20. The molecule has 116 valence electrons. The maximum Gasteiger partial charge on any atom is 0.401 e. The number of nitrogens with one attached hydrogen (secondary N) is 1. The van der Waals surface area contributed by atoms with Gasteiger partial charge in [0.05, 0.1) is 6.54 Å². The molecule has 1 aliphatic carbocycles. The van der Waals surface area contributed by atoms with Gasteiger partial charge in [-0.05, 0) is 35.1 Å². The Morgan fingerprint density at radius 2 is 1.36 bits per heavy atom. The fourth-order valence-corrected chi connectivity index (χ4v) is 3.22. The van der Waals surface area contributed by atoms with Crippen LogP contribution in [0.1, 0.15) is 28.2 Å². The van der Waals surface area contributed by atoms with Crippen molar-refractivity contribution in [1.82, 2.24) is 5.32 Å². The molecule has 0 radical (unpaired) electrons. The van der Waals surface area contributed by atoms with Crippen LogP contribution in [0.4, 0.5) is 13.2 Å². The molecule has 0 atom stereocenters. The summed E-state index contributed by atoms with van der Waals surface area (Å²) in [5.41, 5.74) is 4.75. The molecule has 1 nitrogen and oxygen atoms in total. The molecular formula is C18H18F3N. The van der Waals surface area contributed by atoms with Gasteiger partial charge in [0.2, 0.25) is 0 Å². The van der Waals surface area contributed by atoms with Gasteiger partial charge in [0, 0.05) is 12.5 Å². The molecule has 22 heavy (non-hydrogen) atoms. The van der Waals surface area contributed by atoms with Crippen molar-refractivity contribution in [2.24, 2.45) is 0 Å². The number of halogens is 3. The summed E-state index contributed by atoms with van der Waals surface area (Å²) in [6, 6.07) is 16.2. The van der Waals surface area contributed by atoms with E-state index >= 15 is 0 Å². The Kier molecular flexibility index (Phi) is 4.21. The van der Waals surface area contributed by atoms with Crippen LogP contribution < -0.4 is 5.32 Å². The SMILES string of the molecule is FC(F)(F)CNCC1c2ccccc2CCc2ccccc21. The van der Waals surface area contributed by atoms with E-state index in [2.05, 4.69) is 17.4 Å². The molecule has 2 aromatic carbocycles. The smallest absolute Gasteiger partial charge is 0.308 e. The van der Waals surface area contributed by atoms with E-state index in [0.717, 1.165) is 24.0 Å². The Morgan fingerprint density at radius 1 is 0.864 bits per heavy atom. The normalized spacial score (nSPS) is 15.0. The van der Waals surface area contributed by atoms with Crippen molar-refractivity contribution < 1.29 is 13.2 Å².